The number of guanidine groups is 1. The van der Waals surface area contributed by atoms with Crippen LogP contribution in [0.5, 0.6) is 5.75 Å². The molecule has 0 aliphatic carbocycles. The summed E-state index contributed by atoms with van der Waals surface area (Å²) >= 11 is 0. The number of phenols is 1. The zero-order valence-electron chi connectivity index (χ0n) is 16.4. The highest BCUT2D eigenvalue weighted by molar-refractivity contribution is 14.0. The van der Waals surface area contributed by atoms with E-state index in [1.165, 1.54) is 12.1 Å². The van der Waals surface area contributed by atoms with Crippen molar-refractivity contribution in [2.45, 2.75) is 33.7 Å². The predicted molar refractivity (Wildman–Crippen MR) is 119 cm³/mol. The van der Waals surface area contributed by atoms with E-state index in [4.69, 9.17) is 4.42 Å². The molecule has 2 aromatic rings. The van der Waals surface area contributed by atoms with Gasteiger partial charge in [-0.1, -0.05) is 6.07 Å². The lowest BCUT2D eigenvalue weighted by atomic mass is 10.2. The van der Waals surface area contributed by atoms with Crippen molar-refractivity contribution < 1.29 is 14.3 Å². The van der Waals surface area contributed by atoms with Crippen LogP contribution in [0.2, 0.25) is 0 Å². The monoisotopic (exact) mass is 501 g/mol. The highest BCUT2D eigenvalue weighted by Crippen LogP contribution is 2.10. The first-order valence-corrected chi connectivity index (χ1v) is 9.02. The van der Waals surface area contributed by atoms with Crippen LogP contribution in [0.1, 0.15) is 41.0 Å². The van der Waals surface area contributed by atoms with Gasteiger partial charge in [-0.2, -0.15) is 0 Å². The first kappa shape index (κ1) is 23.7. The molecule has 28 heavy (non-hydrogen) atoms. The van der Waals surface area contributed by atoms with Gasteiger partial charge in [0.05, 0.1) is 5.69 Å². The number of phenolic OH excluding ortho intramolecular Hbond substituents is 1. The van der Waals surface area contributed by atoms with Gasteiger partial charge in [-0.15, -0.1) is 24.0 Å². The summed E-state index contributed by atoms with van der Waals surface area (Å²) in [6, 6.07) is 6.27. The van der Waals surface area contributed by atoms with Gasteiger partial charge in [-0.05, 0) is 45.4 Å². The minimum Gasteiger partial charge on any atom is -0.508 e. The number of nitrogens with one attached hydrogen (secondary N) is 3. The minimum atomic E-state index is -0.207. The molecule has 0 atom stereocenters. The maximum Gasteiger partial charge on any atom is 0.251 e. The van der Waals surface area contributed by atoms with Crippen LogP contribution < -0.4 is 16.0 Å². The number of aryl methyl sites for hydroxylation is 2. The van der Waals surface area contributed by atoms with E-state index < -0.39 is 0 Å². The number of aromatic nitrogens is 1. The number of oxazole rings is 1. The maximum absolute atomic E-state index is 12.0. The van der Waals surface area contributed by atoms with Crippen LogP contribution in [-0.2, 0) is 6.54 Å². The fourth-order valence-corrected chi connectivity index (χ4v) is 2.34. The Kier molecular flexibility index (Phi) is 10.4. The van der Waals surface area contributed by atoms with E-state index in [9.17, 15) is 9.90 Å². The third kappa shape index (κ3) is 7.75. The molecule has 2 rings (SSSR count). The zero-order chi connectivity index (χ0) is 19.6. The van der Waals surface area contributed by atoms with Crippen molar-refractivity contribution in [3.8, 4) is 5.75 Å². The highest BCUT2D eigenvalue weighted by atomic mass is 127. The second-order valence-electron chi connectivity index (χ2n) is 6.03. The van der Waals surface area contributed by atoms with Crippen LogP contribution in [0.15, 0.2) is 33.7 Å². The largest absolute Gasteiger partial charge is 0.508 e. The van der Waals surface area contributed by atoms with Crippen molar-refractivity contribution >= 4 is 35.8 Å². The molecule has 154 valence electrons. The van der Waals surface area contributed by atoms with Crippen LogP contribution in [0.3, 0.4) is 0 Å². The third-order valence-corrected chi connectivity index (χ3v) is 3.83. The van der Waals surface area contributed by atoms with E-state index in [1.807, 2.05) is 20.8 Å². The Balaban J connectivity index is 0.00000392. The number of aliphatic imine (C=N–C) groups is 1. The van der Waals surface area contributed by atoms with E-state index >= 15 is 0 Å². The molecule has 0 radical (unpaired) electrons. The minimum absolute atomic E-state index is 0. The fourth-order valence-electron chi connectivity index (χ4n) is 2.34. The summed E-state index contributed by atoms with van der Waals surface area (Å²) in [6.07, 6.45) is 0.728. The number of aromatic hydroxyl groups is 1. The smallest absolute Gasteiger partial charge is 0.251 e. The molecule has 0 saturated heterocycles. The van der Waals surface area contributed by atoms with Crippen molar-refractivity contribution in [3.05, 3.63) is 47.2 Å². The molecule has 8 nitrogen and oxygen atoms in total. The lowest BCUT2D eigenvalue weighted by molar-refractivity contribution is 0.0953. The van der Waals surface area contributed by atoms with Crippen LogP contribution >= 0.6 is 24.0 Å². The molecule has 0 aliphatic rings. The lowest BCUT2D eigenvalue weighted by Gasteiger charge is -2.11. The molecule has 0 spiro atoms. The number of rotatable bonds is 8. The van der Waals surface area contributed by atoms with Gasteiger partial charge in [0.2, 0.25) is 5.89 Å². The molecule has 1 aromatic heterocycles. The average molecular weight is 501 g/mol. The van der Waals surface area contributed by atoms with Crippen LogP contribution in [0.4, 0.5) is 0 Å². The number of nitrogens with zero attached hydrogens (tertiary/aromatic N) is 2. The number of halogens is 1. The van der Waals surface area contributed by atoms with Gasteiger partial charge in [0.15, 0.2) is 5.96 Å². The Bertz CT molecular complexity index is 772. The number of hydrogen-bond donors (Lipinski definition) is 4. The number of hydrogen-bond acceptors (Lipinski definition) is 5. The molecule has 0 unspecified atom stereocenters. The SMILES string of the molecule is CCNC(=NCc1nc(C)c(C)o1)NCCCNC(=O)c1cccc(O)c1.I. The van der Waals surface area contributed by atoms with Crippen molar-refractivity contribution in [1.82, 2.24) is 20.9 Å². The molecule has 1 heterocycles. The summed E-state index contributed by atoms with van der Waals surface area (Å²) in [5.74, 6) is 1.93. The third-order valence-electron chi connectivity index (χ3n) is 3.83. The molecule has 4 N–H and O–H groups in total. The quantitative estimate of drug-likeness (QED) is 0.192. The first-order chi connectivity index (χ1) is 13.0. The lowest BCUT2D eigenvalue weighted by Crippen LogP contribution is -2.38. The van der Waals surface area contributed by atoms with Gasteiger partial charge >= 0.3 is 0 Å². The second-order valence-corrected chi connectivity index (χ2v) is 6.03. The van der Waals surface area contributed by atoms with Crippen molar-refractivity contribution in [3.63, 3.8) is 0 Å². The van der Waals surface area contributed by atoms with Gasteiger partial charge in [0.1, 0.15) is 18.1 Å². The topological polar surface area (TPSA) is 112 Å². The van der Waals surface area contributed by atoms with Gasteiger partial charge in [-0.3, -0.25) is 4.79 Å². The number of carbonyl (C=O) groups excluding carboxylic acids is 1. The van der Waals surface area contributed by atoms with E-state index in [-0.39, 0.29) is 35.6 Å². The van der Waals surface area contributed by atoms with Gasteiger partial charge < -0.3 is 25.5 Å². The first-order valence-electron chi connectivity index (χ1n) is 9.02. The zero-order valence-corrected chi connectivity index (χ0v) is 18.7. The average Bonchev–Trinajstić information content (AvgIpc) is 2.97. The summed E-state index contributed by atoms with van der Waals surface area (Å²) in [7, 11) is 0. The van der Waals surface area contributed by atoms with Gasteiger partial charge in [0.25, 0.3) is 5.91 Å². The molecule has 1 aromatic carbocycles. The number of carbonyl (C=O) groups is 1. The van der Waals surface area contributed by atoms with E-state index in [2.05, 4.69) is 25.9 Å². The van der Waals surface area contributed by atoms with E-state index in [1.54, 1.807) is 12.1 Å². The van der Waals surface area contributed by atoms with Gasteiger partial charge in [-0.25, -0.2) is 9.98 Å². The van der Waals surface area contributed by atoms with Gasteiger partial charge in [0, 0.05) is 25.2 Å². The molecule has 0 saturated carbocycles. The summed E-state index contributed by atoms with van der Waals surface area (Å²) in [5, 5.41) is 18.6. The van der Waals surface area contributed by atoms with E-state index in [0.29, 0.717) is 37.0 Å². The highest BCUT2D eigenvalue weighted by Gasteiger charge is 2.06. The van der Waals surface area contributed by atoms with Crippen LogP contribution in [-0.4, -0.2) is 41.6 Å². The molecule has 0 fully saturated rings. The Morgan fingerprint density at radius 3 is 2.61 bits per heavy atom. The maximum atomic E-state index is 12.0. The predicted octanol–water partition coefficient (Wildman–Crippen LogP) is 2.49. The molecular weight excluding hydrogens is 473 g/mol. The van der Waals surface area contributed by atoms with Crippen LogP contribution in [0.25, 0.3) is 0 Å². The summed E-state index contributed by atoms with van der Waals surface area (Å²) in [6.45, 7) is 8.04. The standard InChI is InChI=1S/C19H27N5O3.HI/c1-4-20-19(23-12-17-24-13(2)14(3)27-17)22-10-6-9-21-18(26)15-7-5-8-16(25)11-15;/h5,7-8,11,25H,4,6,9-10,12H2,1-3H3,(H,21,26)(H2,20,22,23);1H. The second kappa shape index (κ2) is 12.2. The molecule has 0 bridgehead atoms. The number of amides is 1. The Morgan fingerprint density at radius 1 is 1.21 bits per heavy atom. The Morgan fingerprint density at radius 2 is 1.96 bits per heavy atom. The van der Waals surface area contributed by atoms with Crippen molar-refractivity contribution in [2.75, 3.05) is 19.6 Å². The Labute approximate surface area is 182 Å². The summed E-state index contributed by atoms with van der Waals surface area (Å²) in [4.78, 5) is 20.8. The molecular formula is C19H28IN5O3. The summed E-state index contributed by atoms with van der Waals surface area (Å²) < 4.78 is 5.52. The number of benzene rings is 1. The van der Waals surface area contributed by atoms with Crippen LogP contribution in [0, 0.1) is 13.8 Å². The van der Waals surface area contributed by atoms with E-state index in [0.717, 1.165) is 24.4 Å². The van der Waals surface area contributed by atoms with Crippen molar-refractivity contribution in [2.24, 2.45) is 4.99 Å². The Hall–Kier alpha value is -2.30. The normalized spacial score (nSPS) is 10.9. The molecule has 9 heteroatoms. The molecule has 0 aliphatic heterocycles. The fraction of sp³-hybridized carbons (Fsp3) is 0.421. The molecule has 1 amide bonds. The summed E-state index contributed by atoms with van der Waals surface area (Å²) in [5.41, 5.74) is 1.31. The van der Waals surface area contributed by atoms with Crippen molar-refractivity contribution in [1.29, 1.82) is 0 Å².